The molecular formula is C22H31N5O7S. The number of nitrogens with one attached hydrogen (secondary N) is 4. The Morgan fingerprint density at radius 3 is 2.23 bits per heavy atom. The summed E-state index contributed by atoms with van der Waals surface area (Å²) < 4.78 is 0. The first-order chi connectivity index (χ1) is 16.7. The summed E-state index contributed by atoms with van der Waals surface area (Å²) in [6, 6.07) is 2.23. The number of carbonyl (C=O) groups is 4. The maximum atomic E-state index is 13.1. The van der Waals surface area contributed by atoms with Crippen LogP contribution in [0.15, 0.2) is 30.5 Å². The van der Waals surface area contributed by atoms with Gasteiger partial charge in [0.2, 0.25) is 17.7 Å². The van der Waals surface area contributed by atoms with Crippen molar-refractivity contribution >= 4 is 46.4 Å². The minimum Gasteiger partial charge on any atom is -0.480 e. The topological polar surface area (TPSA) is 207 Å². The van der Waals surface area contributed by atoms with Crippen molar-refractivity contribution in [2.75, 3.05) is 25.2 Å². The van der Waals surface area contributed by atoms with E-state index in [4.69, 9.17) is 10.8 Å². The van der Waals surface area contributed by atoms with Gasteiger partial charge in [0.05, 0.1) is 13.2 Å². The van der Waals surface area contributed by atoms with Gasteiger partial charge in [0.1, 0.15) is 24.2 Å². The van der Waals surface area contributed by atoms with Crippen LogP contribution in [0.1, 0.15) is 12.0 Å². The maximum Gasteiger partial charge on any atom is 0.326 e. The molecule has 1 aromatic heterocycles. The lowest BCUT2D eigenvalue weighted by Crippen LogP contribution is -2.58. The molecule has 0 saturated heterocycles. The molecule has 1 heterocycles. The number of carbonyl (C=O) groups excluding carboxylic acids is 3. The van der Waals surface area contributed by atoms with Crippen LogP contribution in [0.3, 0.4) is 0 Å². The Kier molecular flexibility index (Phi) is 11.0. The summed E-state index contributed by atoms with van der Waals surface area (Å²) >= 11 is 1.43. The molecule has 0 saturated carbocycles. The molecule has 2 aromatic rings. The van der Waals surface area contributed by atoms with Gasteiger partial charge in [-0.25, -0.2) is 4.79 Å². The third-order valence-electron chi connectivity index (χ3n) is 5.31. The maximum absolute atomic E-state index is 13.1. The van der Waals surface area contributed by atoms with Gasteiger partial charge in [-0.1, -0.05) is 18.2 Å². The average Bonchev–Trinajstić information content (AvgIpc) is 3.26. The van der Waals surface area contributed by atoms with E-state index in [1.54, 1.807) is 6.20 Å². The Morgan fingerprint density at radius 2 is 1.60 bits per heavy atom. The van der Waals surface area contributed by atoms with E-state index in [0.29, 0.717) is 11.3 Å². The van der Waals surface area contributed by atoms with Crippen LogP contribution < -0.4 is 21.7 Å². The highest BCUT2D eigenvalue weighted by atomic mass is 32.2. The highest BCUT2D eigenvalue weighted by Crippen LogP contribution is 2.19. The number of carboxylic acid groups (broad SMARTS) is 1. The number of aliphatic hydroxyl groups excluding tert-OH is 2. The van der Waals surface area contributed by atoms with E-state index in [2.05, 4.69) is 20.9 Å². The second-order valence-electron chi connectivity index (χ2n) is 7.84. The zero-order valence-corrected chi connectivity index (χ0v) is 20.0. The number of hydrogen-bond donors (Lipinski definition) is 8. The van der Waals surface area contributed by atoms with E-state index in [0.717, 1.165) is 10.9 Å². The number of rotatable bonds is 14. The summed E-state index contributed by atoms with van der Waals surface area (Å²) in [5.74, 6) is -3.17. The first-order valence-electron chi connectivity index (χ1n) is 10.9. The molecule has 4 unspecified atom stereocenters. The number of thioether (sulfide) groups is 1. The molecule has 0 bridgehead atoms. The quantitative estimate of drug-likeness (QED) is 0.146. The Balaban J connectivity index is 2.26. The Morgan fingerprint density at radius 1 is 0.971 bits per heavy atom. The number of aliphatic carboxylic acids is 1. The van der Waals surface area contributed by atoms with E-state index in [-0.39, 0.29) is 12.8 Å². The van der Waals surface area contributed by atoms with Gasteiger partial charge in [-0.05, 0) is 30.1 Å². The number of carboxylic acids is 1. The lowest BCUT2D eigenvalue weighted by atomic mass is 10.0. The van der Waals surface area contributed by atoms with Gasteiger partial charge in [0, 0.05) is 23.5 Å². The van der Waals surface area contributed by atoms with Crippen molar-refractivity contribution in [3.05, 3.63) is 36.0 Å². The molecule has 13 heteroatoms. The van der Waals surface area contributed by atoms with Gasteiger partial charge in [0.15, 0.2) is 0 Å². The standard InChI is InChI=1S/C22H31N5O7S/c1-35-7-6-16(22(33)34)25-20(31)17(8-12-9-24-15-5-3-2-4-13(12)15)26-21(32)18(11-29)27-19(30)14(23)10-28/h2-5,9,14,16-18,24,28-29H,6-8,10-11,23H2,1H3,(H,25,31)(H,26,32)(H,27,30)(H,33,34). The monoisotopic (exact) mass is 509 g/mol. The number of aromatic nitrogens is 1. The molecule has 192 valence electrons. The number of aromatic amines is 1. The lowest BCUT2D eigenvalue weighted by molar-refractivity contribution is -0.142. The van der Waals surface area contributed by atoms with Gasteiger partial charge in [-0.2, -0.15) is 11.8 Å². The molecule has 12 nitrogen and oxygen atoms in total. The number of nitrogens with two attached hydrogens (primary N) is 1. The zero-order chi connectivity index (χ0) is 26.0. The fraction of sp³-hybridized carbons (Fsp3) is 0.455. The minimum absolute atomic E-state index is 0.0126. The fourth-order valence-corrected chi connectivity index (χ4v) is 3.79. The van der Waals surface area contributed by atoms with E-state index >= 15 is 0 Å². The molecule has 0 aliphatic carbocycles. The number of para-hydroxylation sites is 1. The number of H-pyrrole nitrogens is 1. The molecule has 0 aliphatic rings. The van der Waals surface area contributed by atoms with Crippen LogP contribution >= 0.6 is 11.8 Å². The molecule has 9 N–H and O–H groups in total. The highest BCUT2D eigenvalue weighted by Gasteiger charge is 2.30. The summed E-state index contributed by atoms with van der Waals surface area (Å²) in [5.41, 5.74) is 6.95. The molecule has 0 spiro atoms. The van der Waals surface area contributed by atoms with Gasteiger partial charge >= 0.3 is 5.97 Å². The zero-order valence-electron chi connectivity index (χ0n) is 19.2. The Bertz CT molecular complexity index is 1030. The molecule has 3 amide bonds. The largest absolute Gasteiger partial charge is 0.480 e. The SMILES string of the molecule is CSCCC(NC(=O)C(Cc1c[nH]c2ccccc12)NC(=O)C(CO)NC(=O)C(N)CO)C(=O)O. The number of hydrogen-bond acceptors (Lipinski definition) is 8. The number of benzene rings is 1. The van der Waals surface area contributed by atoms with Crippen molar-refractivity contribution in [2.45, 2.75) is 37.0 Å². The second-order valence-corrected chi connectivity index (χ2v) is 8.82. The summed E-state index contributed by atoms with van der Waals surface area (Å²) in [7, 11) is 0. The summed E-state index contributed by atoms with van der Waals surface area (Å²) in [6.07, 6.45) is 3.70. The normalized spacial score (nSPS) is 14.5. The molecule has 2 rings (SSSR count). The van der Waals surface area contributed by atoms with Crippen LogP contribution in [0.5, 0.6) is 0 Å². The van der Waals surface area contributed by atoms with Crippen LogP contribution in [0.2, 0.25) is 0 Å². The number of aliphatic hydroxyl groups is 2. The van der Waals surface area contributed by atoms with E-state index in [9.17, 15) is 29.4 Å². The summed E-state index contributed by atoms with van der Waals surface area (Å²) in [4.78, 5) is 52.6. The van der Waals surface area contributed by atoms with Crippen LogP contribution in [-0.2, 0) is 25.6 Å². The molecule has 1 aromatic carbocycles. The fourth-order valence-electron chi connectivity index (χ4n) is 3.32. The lowest BCUT2D eigenvalue weighted by Gasteiger charge is -2.24. The van der Waals surface area contributed by atoms with Gasteiger partial charge in [-0.15, -0.1) is 0 Å². The molecule has 0 aliphatic heterocycles. The molecule has 0 fully saturated rings. The van der Waals surface area contributed by atoms with Crippen LogP contribution in [0.4, 0.5) is 0 Å². The third kappa shape index (κ3) is 7.96. The van der Waals surface area contributed by atoms with Gasteiger partial charge in [0.25, 0.3) is 0 Å². The molecular weight excluding hydrogens is 478 g/mol. The predicted molar refractivity (Wildman–Crippen MR) is 131 cm³/mol. The van der Waals surface area contributed by atoms with Crippen molar-refractivity contribution in [2.24, 2.45) is 5.73 Å². The first kappa shape index (κ1) is 28.1. The van der Waals surface area contributed by atoms with Crippen LogP contribution in [-0.4, -0.2) is 93.4 Å². The Labute approximate surface area is 206 Å². The van der Waals surface area contributed by atoms with Crippen molar-refractivity contribution in [3.8, 4) is 0 Å². The number of fused-ring (bicyclic) bond motifs is 1. The van der Waals surface area contributed by atoms with Crippen molar-refractivity contribution in [1.82, 2.24) is 20.9 Å². The van der Waals surface area contributed by atoms with Crippen LogP contribution in [0, 0.1) is 0 Å². The molecule has 35 heavy (non-hydrogen) atoms. The molecule has 4 atom stereocenters. The van der Waals surface area contributed by atoms with Crippen molar-refractivity contribution < 1.29 is 34.5 Å². The van der Waals surface area contributed by atoms with Crippen molar-refractivity contribution in [3.63, 3.8) is 0 Å². The first-order valence-corrected chi connectivity index (χ1v) is 12.3. The van der Waals surface area contributed by atoms with Crippen molar-refractivity contribution in [1.29, 1.82) is 0 Å². The number of amides is 3. The van der Waals surface area contributed by atoms with E-state index < -0.39 is 61.1 Å². The minimum atomic E-state index is -1.44. The predicted octanol–water partition coefficient (Wildman–Crippen LogP) is -1.69. The van der Waals surface area contributed by atoms with Gasteiger partial charge in [-0.3, -0.25) is 14.4 Å². The second kappa shape index (κ2) is 13.7. The summed E-state index contributed by atoms with van der Waals surface area (Å²) in [6.45, 7) is -1.45. The average molecular weight is 510 g/mol. The van der Waals surface area contributed by atoms with Crippen LogP contribution in [0.25, 0.3) is 10.9 Å². The third-order valence-corrected chi connectivity index (χ3v) is 5.95. The van der Waals surface area contributed by atoms with Gasteiger partial charge < -0.3 is 42.0 Å². The van der Waals surface area contributed by atoms with E-state index in [1.807, 2.05) is 30.5 Å². The highest BCUT2D eigenvalue weighted by molar-refractivity contribution is 7.98. The smallest absolute Gasteiger partial charge is 0.326 e. The van der Waals surface area contributed by atoms with E-state index in [1.165, 1.54) is 11.8 Å². The summed E-state index contributed by atoms with van der Waals surface area (Å²) in [5, 5.41) is 36.1. The Hall–Kier alpha value is -3.13. The molecule has 0 radical (unpaired) electrons.